The van der Waals surface area contributed by atoms with Crippen LogP contribution in [-0.4, -0.2) is 30.5 Å². The van der Waals surface area contributed by atoms with Crippen LogP contribution >= 0.6 is 0 Å². The molecule has 172 valence electrons. The molecule has 0 unspecified atom stereocenters. The van der Waals surface area contributed by atoms with Gasteiger partial charge in [0.15, 0.2) is 6.61 Å². The van der Waals surface area contributed by atoms with Gasteiger partial charge in [-0.2, -0.15) is 0 Å². The quantitative estimate of drug-likeness (QED) is 0.422. The van der Waals surface area contributed by atoms with Gasteiger partial charge in [0.05, 0.1) is 18.3 Å². The lowest BCUT2D eigenvalue weighted by Gasteiger charge is -2.13. The zero-order chi connectivity index (χ0) is 24.2. The number of hydrogen-bond acceptors (Lipinski definition) is 5. The van der Waals surface area contributed by atoms with Crippen molar-refractivity contribution >= 4 is 28.4 Å². The fraction of sp³-hybridized carbons (Fsp3) is 0.148. The molecule has 7 nitrogen and oxygen atoms in total. The second kappa shape index (κ2) is 9.62. The predicted octanol–water partition coefficient (Wildman–Crippen LogP) is 4.64. The van der Waals surface area contributed by atoms with E-state index in [4.69, 9.17) is 20.2 Å². The average molecular weight is 456 g/mol. The molecule has 0 spiro atoms. The van der Waals surface area contributed by atoms with Gasteiger partial charge in [-0.25, -0.2) is 4.98 Å². The van der Waals surface area contributed by atoms with Crippen molar-refractivity contribution in [2.75, 3.05) is 19.0 Å². The number of carbonyl (C=O) groups excluding carboxylic acids is 2. The van der Waals surface area contributed by atoms with Crippen LogP contribution in [0.25, 0.3) is 22.2 Å². The number of anilines is 1. The van der Waals surface area contributed by atoms with Gasteiger partial charge in [-0.05, 0) is 79.6 Å². The maximum absolute atomic E-state index is 12.8. The number of rotatable bonds is 7. The smallest absolute Gasteiger partial charge is 0.255 e. The van der Waals surface area contributed by atoms with Crippen molar-refractivity contribution in [3.8, 4) is 22.8 Å². The highest BCUT2D eigenvalue weighted by molar-refractivity contribution is 6.05. The van der Waals surface area contributed by atoms with Crippen LogP contribution < -0.4 is 20.5 Å². The van der Waals surface area contributed by atoms with Gasteiger partial charge in [0, 0.05) is 28.3 Å². The van der Waals surface area contributed by atoms with E-state index in [1.165, 1.54) is 0 Å². The van der Waals surface area contributed by atoms with Gasteiger partial charge in [-0.1, -0.05) is 6.07 Å². The van der Waals surface area contributed by atoms with Gasteiger partial charge < -0.3 is 20.5 Å². The normalized spacial score (nSPS) is 10.7. The van der Waals surface area contributed by atoms with Crippen molar-refractivity contribution in [2.24, 2.45) is 5.73 Å². The number of methoxy groups -OCH3 is 1. The van der Waals surface area contributed by atoms with E-state index in [1.807, 2.05) is 50.2 Å². The molecule has 0 bridgehead atoms. The van der Waals surface area contributed by atoms with Crippen LogP contribution in [0.1, 0.15) is 21.5 Å². The first-order valence-corrected chi connectivity index (χ1v) is 10.7. The molecule has 2 amide bonds. The predicted molar refractivity (Wildman–Crippen MR) is 132 cm³/mol. The van der Waals surface area contributed by atoms with Crippen molar-refractivity contribution in [3.05, 3.63) is 83.4 Å². The van der Waals surface area contributed by atoms with Crippen LogP contribution in [0.15, 0.2) is 66.7 Å². The third-order valence-electron chi connectivity index (χ3n) is 5.55. The number of primary amides is 1. The highest BCUT2D eigenvalue weighted by atomic mass is 16.5. The highest BCUT2D eigenvalue weighted by Gasteiger charge is 2.13. The van der Waals surface area contributed by atoms with Crippen LogP contribution in [0.4, 0.5) is 5.69 Å². The van der Waals surface area contributed by atoms with Gasteiger partial charge in [0.2, 0.25) is 0 Å². The van der Waals surface area contributed by atoms with Gasteiger partial charge in [0.25, 0.3) is 11.8 Å². The van der Waals surface area contributed by atoms with Gasteiger partial charge >= 0.3 is 0 Å². The number of aromatic nitrogens is 1. The van der Waals surface area contributed by atoms with Gasteiger partial charge in [-0.15, -0.1) is 0 Å². The van der Waals surface area contributed by atoms with Crippen molar-refractivity contribution < 1.29 is 19.1 Å². The van der Waals surface area contributed by atoms with Crippen LogP contribution in [0.2, 0.25) is 0 Å². The molecule has 0 aliphatic rings. The molecular weight excluding hydrogens is 430 g/mol. The van der Waals surface area contributed by atoms with E-state index in [0.717, 1.165) is 22.4 Å². The Labute approximate surface area is 197 Å². The number of nitrogens with two attached hydrogens (primary N) is 1. The topological polar surface area (TPSA) is 104 Å². The molecule has 4 aromatic rings. The largest absolute Gasteiger partial charge is 0.497 e. The van der Waals surface area contributed by atoms with Crippen LogP contribution in [0.3, 0.4) is 0 Å². The molecule has 3 aromatic carbocycles. The molecule has 1 aromatic heterocycles. The molecule has 34 heavy (non-hydrogen) atoms. The SMILES string of the molecule is COc1ccc(-c2cc(OCC(N)=O)c3cc(NC(=O)c4ccc(C)c(C)c4)ccc3n2)cc1. The molecule has 0 atom stereocenters. The molecule has 0 saturated heterocycles. The van der Waals surface area contributed by atoms with E-state index < -0.39 is 5.91 Å². The summed E-state index contributed by atoms with van der Waals surface area (Å²) in [7, 11) is 1.61. The molecule has 0 fully saturated rings. The maximum atomic E-state index is 12.8. The zero-order valence-electron chi connectivity index (χ0n) is 19.2. The van der Waals surface area contributed by atoms with E-state index >= 15 is 0 Å². The summed E-state index contributed by atoms with van der Waals surface area (Å²) in [5.41, 5.74) is 10.8. The third kappa shape index (κ3) is 4.99. The van der Waals surface area contributed by atoms with E-state index in [0.29, 0.717) is 33.6 Å². The first-order valence-electron chi connectivity index (χ1n) is 10.7. The van der Waals surface area contributed by atoms with Crippen molar-refractivity contribution in [1.82, 2.24) is 4.98 Å². The molecule has 0 saturated carbocycles. The molecule has 1 heterocycles. The van der Waals surface area contributed by atoms with Crippen molar-refractivity contribution in [2.45, 2.75) is 13.8 Å². The lowest BCUT2D eigenvalue weighted by molar-refractivity contribution is -0.119. The molecular formula is C27H25N3O4. The standard InChI is InChI=1S/C27H25N3O4/c1-16-4-5-19(12-17(16)2)27(32)29-20-8-11-23-22(13-20)25(34-15-26(28)31)14-24(30-23)18-6-9-21(33-3)10-7-18/h4-14H,15H2,1-3H3,(H2,28,31)(H,29,32). The highest BCUT2D eigenvalue weighted by Crippen LogP contribution is 2.32. The van der Waals surface area contributed by atoms with E-state index in [1.54, 1.807) is 37.4 Å². The first-order chi connectivity index (χ1) is 16.3. The zero-order valence-corrected chi connectivity index (χ0v) is 19.2. The van der Waals surface area contributed by atoms with Crippen LogP contribution in [0.5, 0.6) is 11.5 Å². The fourth-order valence-electron chi connectivity index (χ4n) is 3.54. The van der Waals surface area contributed by atoms with Gasteiger partial charge in [0.1, 0.15) is 11.5 Å². The molecule has 0 aliphatic carbocycles. The minimum atomic E-state index is -0.588. The van der Waals surface area contributed by atoms with Gasteiger partial charge in [-0.3, -0.25) is 9.59 Å². The summed E-state index contributed by atoms with van der Waals surface area (Å²) in [6.07, 6.45) is 0. The number of nitrogens with zero attached hydrogens (tertiary/aromatic N) is 1. The average Bonchev–Trinajstić information content (AvgIpc) is 2.84. The number of nitrogens with one attached hydrogen (secondary N) is 1. The Morgan fingerprint density at radius 2 is 1.71 bits per heavy atom. The Morgan fingerprint density at radius 1 is 0.941 bits per heavy atom. The number of fused-ring (bicyclic) bond motifs is 1. The number of carbonyl (C=O) groups is 2. The van der Waals surface area contributed by atoms with Crippen LogP contribution in [-0.2, 0) is 4.79 Å². The van der Waals surface area contributed by atoms with E-state index in [2.05, 4.69) is 5.32 Å². The lowest BCUT2D eigenvalue weighted by atomic mass is 10.1. The second-order valence-electron chi connectivity index (χ2n) is 7.97. The number of aryl methyl sites for hydroxylation is 2. The fourth-order valence-corrected chi connectivity index (χ4v) is 3.54. The number of ether oxygens (including phenoxy) is 2. The molecule has 0 radical (unpaired) electrons. The Hall–Kier alpha value is -4.39. The number of pyridine rings is 1. The Kier molecular flexibility index (Phi) is 6.45. The summed E-state index contributed by atoms with van der Waals surface area (Å²) < 4.78 is 10.9. The summed E-state index contributed by atoms with van der Waals surface area (Å²) in [4.78, 5) is 28.9. The van der Waals surface area contributed by atoms with Crippen molar-refractivity contribution in [1.29, 1.82) is 0 Å². The minimum Gasteiger partial charge on any atom is -0.497 e. The summed E-state index contributed by atoms with van der Waals surface area (Å²) in [6, 6.07) is 20.2. The first kappa shape index (κ1) is 22.8. The monoisotopic (exact) mass is 455 g/mol. The summed E-state index contributed by atoms with van der Waals surface area (Å²) in [5.74, 6) is 0.371. The summed E-state index contributed by atoms with van der Waals surface area (Å²) >= 11 is 0. The molecule has 0 aliphatic heterocycles. The third-order valence-corrected chi connectivity index (χ3v) is 5.55. The Bertz CT molecular complexity index is 1380. The minimum absolute atomic E-state index is 0.218. The lowest BCUT2D eigenvalue weighted by Crippen LogP contribution is -2.20. The summed E-state index contributed by atoms with van der Waals surface area (Å²) in [5, 5.41) is 3.57. The maximum Gasteiger partial charge on any atom is 0.255 e. The Morgan fingerprint density at radius 3 is 2.38 bits per heavy atom. The van der Waals surface area contributed by atoms with E-state index in [-0.39, 0.29) is 12.5 Å². The van der Waals surface area contributed by atoms with Crippen molar-refractivity contribution in [3.63, 3.8) is 0 Å². The molecule has 7 heteroatoms. The number of amides is 2. The number of hydrogen-bond donors (Lipinski definition) is 2. The van der Waals surface area contributed by atoms with E-state index in [9.17, 15) is 9.59 Å². The second-order valence-corrected chi connectivity index (χ2v) is 7.97. The Balaban J connectivity index is 1.70. The number of benzene rings is 3. The van der Waals surface area contributed by atoms with Crippen LogP contribution in [0, 0.1) is 13.8 Å². The summed E-state index contributed by atoms with van der Waals surface area (Å²) in [6.45, 7) is 3.69. The molecule has 4 rings (SSSR count). The molecule has 3 N–H and O–H groups in total.